The molecule has 1 rings (SSSR count). The van der Waals surface area contributed by atoms with Gasteiger partial charge in [0, 0.05) is 0 Å². The number of aromatic carboxylic acids is 1. The number of ether oxygens (including phenoxy) is 2. The fourth-order valence-corrected chi connectivity index (χ4v) is 1.62. The van der Waals surface area contributed by atoms with Gasteiger partial charge in [-0.15, -0.1) is 0 Å². The Balaban J connectivity index is 3.17. The first-order valence-electron chi connectivity index (χ1n) is 6.97. The Morgan fingerprint density at radius 2 is 1.68 bits per heavy atom. The maximum atomic E-state index is 12.1. The normalized spacial score (nSPS) is 10.6. The predicted molar refractivity (Wildman–Crippen MR) is 79.1 cm³/mol. The predicted octanol–water partition coefficient (Wildman–Crippen LogP) is 2.76. The first kappa shape index (κ1) is 17.7. The van der Waals surface area contributed by atoms with Crippen LogP contribution in [0.25, 0.3) is 0 Å². The largest absolute Gasteiger partial charge is 0.478 e. The summed E-state index contributed by atoms with van der Waals surface area (Å²) >= 11 is 0. The van der Waals surface area contributed by atoms with Gasteiger partial charge in [0.2, 0.25) is 0 Å². The lowest BCUT2D eigenvalue weighted by molar-refractivity contribution is 0.0355. The summed E-state index contributed by atoms with van der Waals surface area (Å²) in [6.45, 7) is 7.30. The fraction of sp³-hybridized carbons (Fsp3) is 0.438. The third kappa shape index (κ3) is 4.87. The first-order chi connectivity index (χ1) is 10.2. The highest BCUT2D eigenvalue weighted by Gasteiger charge is 2.22. The third-order valence-electron chi connectivity index (χ3n) is 2.60. The monoisotopic (exact) mass is 308 g/mol. The summed E-state index contributed by atoms with van der Waals surface area (Å²) in [6, 6.07) is 3.64. The molecule has 1 aromatic rings. The van der Waals surface area contributed by atoms with Crippen molar-refractivity contribution < 1.29 is 29.0 Å². The van der Waals surface area contributed by atoms with E-state index in [0.29, 0.717) is 0 Å². The van der Waals surface area contributed by atoms with E-state index in [9.17, 15) is 14.4 Å². The smallest absolute Gasteiger partial charge is 0.339 e. The molecular formula is C16H20O6. The van der Waals surface area contributed by atoms with E-state index >= 15 is 0 Å². The summed E-state index contributed by atoms with van der Waals surface area (Å²) in [5.41, 5.74) is -0.213. The first-order valence-corrected chi connectivity index (χ1v) is 6.97. The minimum atomic E-state index is -1.19. The minimum absolute atomic E-state index is 0.00343. The summed E-state index contributed by atoms with van der Waals surface area (Å²) in [5.74, 6) is -2.48. The lowest BCUT2D eigenvalue weighted by Crippen LogP contribution is -2.19. The van der Waals surface area contributed by atoms with Gasteiger partial charge in [0.05, 0.1) is 29.4 Å². The summed E-state index contributed by atoms with van der Waals surface area (Å²) < 4.78 is 10.1. The summed E-state index contributed by atoms with van der Waals surface area (Å²) in [6.07, 6.45) is -0.388. The molecule has 0 saturated carbocycles. The van der Waals surface area contributed by atoms with Crippen LogP contribution >= 0.6 is 0 Å². The third-order valence-corrected chi connectivity index (χ3v) is 2.60. The van der Waals surface area contributed by atoms with Gasteiger partial charge in [-0.05, 0) is 38.0 Å². The Bertz CT molecular complexity index is 574. The van der Waals surface area contributed by atoms with Crippen LogP contribution in [-0.2, 0) is 9.47 Å². The Kier molecular flexibility index (Phi) is 6.10. The molecule has 22 heavy (non-hydrogen) atoms. The average Bonchev–Trinajstić information content (AvgIpc) is 2.43. The van der Waals surface area contributed by atoms with Crippen LogP contribution < -0.4 is 0 Å². The Hall–Kier alpha value is -2.37. The van der Waals surface area contributed by atoms with Crippen LogP contribution in [0.2, 0.25) is 0 Å². The molecule has 6 heteroatoms. The van der Waals surface area contributed by atoms with Crippen molar-refractivity contribution in [3.8, 4) is 0 Å². The van der Waals surface area contributed by atoms with Gasteiger partial charge in [0.1, 0.15) is 0 Å². The molecule has 0 spiro atoms. The number of carbonyl (C=O) groups is 3. The van der Waals surface area contributed by atoms with E-state index in [1.807, 2.05) is 13.8 Å². The number of hydrogen-bond donors (Lipinski definition) is 1. The van der Waals surface area contributed by atoms with E-state index in [1.54, 1.807) is 13.8 Å². The number of hydrogen-bond acceptors (Lipinski definition) is 5. The van der Waals surface area contributed by atoms with Gasteiger partial charge in [-0.25, -0.2) is 14.4 Å². The molecule has 0 unspecified atom stereocenters. The maximum absolute atomic E-state index is 12.1. The SMILES string of the molecule is CC(C)COC(=O)c1ccc(C(=O)O)cc1C(=O)OC(C)C. The van der Waals surface area contributed by atoms with Gasteiger partial charge in [-0.2, -0.15) is 0 Å². The molecule has 0 heterocycles. The molecule has 1 N–H and O–H groups in total. The van der Waals surface area contributed by atoms with Gasteiger partial charge in [0.25, 0.3) is 0 Å². The highest BCUT2D eigenvalue weighted by atomic mass is 16.5. The summed E-state index contributed by atoms with van der Waals surface area (Å²) in [5, 5.41) is 9.01. The lowest BCUT2D eigenvalue weighted by atomic mass is 10.0. The van der Waals surface area contributed by atoms with E-state index < -0.39 is 17.9 Å². The van der Waals surface area contributed by atoms with Crippen LogP contribution in [0.1, 0.15) is 58.8 Å². The molecule has 0 bridgehead atoms. The molecule has 0 aliphatic carbocycles. The van der Waals surface area contributed by atoms with Crippen LogP contribution in [0, 0.1) is 5.92 Å². The Labute approximate surface area is 129 Å². The van der Waals surface area contributed by atoms with Crippen molar-refractivity contribution >= 4 is 17.9 Å². The number of rotatable bonds is 6. The molecule has 0 saturated heterocycles. The van der Waals surface area contributed by atoms with Gasteiger partial charge in [0.15, 0.2) is 0 Å². The van der Waals surface area contributed by atoms with E-state index in [4.69, 9.17) is 14.6 Å². The van der Waals surface area contributed by atoms with E-state index in [1.165, 1.54) is 12.1 Å². The number of esters is 2. The van der Waals surface area contributed by atoms with Crippen LogP contribution in [0.4, 0.5) is 0 Å². The molecule has 1 aromatic carbocycles. The van der Waals surface area contributed by atoms with Crippen LogP contribution in [0.3, 0.4) is 0 Å². The Morgan fingerprint density at radius 1 is 1.05 bits per heavy atom. The van der Waals surface area contributed by atoms with Crippen molar-refractivity contribution in [2.45, 2.75) is 33.8 Å². The average molecular weight is 308 g/mol. The molecule has 0 fully saturated rings. The van der Waals surface area contributed by atoms with Crippen molar-refractivity contribution in [2.75, 3.05) is 6.61 Å². The van der Waals surface area contributed by atoms with Crippen LogP contribution in [0.5, 0.6) is 0 Å². The highest BCUT2D eigenvalue weighted by Crippen LogP contribution is 2.16. The van der Waals surface area contributed by atoms with Crippen molar-refractivity contribution in [3.05, 3.63) is 34.9 Å². The van der Waals surface area contributed by atoms with E-state index in [-0.39, 0.29) is 35.3 Å². The van der Waals surface area contributed by atoms with Crippen molar-refractivity contribution in [1.29, 1.82) is 0 Å². The summed E-state index contributed by atoms with van der Waals surface area (Å²) in [4.78, 5) is 35.2. The number of carbonyl (C=O) groups excluding carboxylic acids is 2. The molecular weight excluding hydrogens is 288 g/mol. The zero-order valence-corrected chi connectivity index (χ0v) is 13.1. The highest BCUT2D eigenvalue weighted by molar-refractivity contribution is 6.05. The van der Waals surface area contributed by atoms with Crippen molar-refractivity contribution in [3.63, 3.8) is 0 Å². The minimum Gasteiger partial charge on any atom is -0.478 e. The van der Waals surface area contributed by atoms with Crippen LogP contribution in [-0.4, -0.2) is 35.7 Å². The van der Waals surface area contributed by atoms with Crippen molar-refractivity contribution in [1.82, 2.24) is 0 Å². The molecule has 120 valence electrons. The van der Waals surface area contributed by atoms with Gasteiger partial charge < -0.3 is 14.6 Å². The molecule has 0 aliphatic heterocycles. The number of carboxylic acids is 1. The van der Waals surface area contributed by atoms with E-state index in [0.717, 1.165) is 6.07 Å². The Morgan fingerprint density at radius 3 is 2.18 bits per heavy atom. The van der Waals surface area contributed by atoms with Gasteiger partial charge in [-0.3, -0.25) is 0 Å². The van der Waals surface area contributed by atoms with Gasteiger partial charge >= 0.3 is 17.9 Å². The maximum Gasteiger partial charge on any atom is 0.339 e. The second kappa shape index (κ2) is 7.59. The second-order valence-corrected chi connectivity index (χ2v) is 5.51. The lowest BCUT2D eigenvalue weighted by Gasteiger charge is -2.13. The zero-order valence-electron chi connectivity index (χ0n) is 13.1. The van der Waals surface area contributed by atoms with E-state index in [2.05, 4.69) is 0 Å². The topological polar surface area (TPSA) is 89.9 Å². The summed E-state index contributed by atoms with van der Waals surface area (Å²) in [7, 11) is 0. The van der Waals surface area contributed by atoms with Gasteiger partial charge in [-0.1, -0.05) is 13.8 Å². The van der Waals surface area contributed by atoms with Crippen molar-refractivity contribution in [2.24, 2.45) is 5.92 Å². The quantitative estimate of drug-likeness (QED) is 0.813. The standard InChI is InChI=1S/C16H20O6/c1-9(2)8-21-15(19)12-6-5-11(14(17)18)7-13(12)16(20)22-10(3)4/h5-7,9-10H,8H2,1-4H3,(H,17,18). The van der Waals surface area contributed by atoms with Crippen LogP contribution in [0.15, 0.2) is 18.2 Å². The fourth-order valence-electron chi connectivity index (χ4n) is 1.62. The molecule has 0 radical (unpaired) electrons. The second-order valence-electron chi connectivity index (χ2n) is 5.51. The molecule has 0 amide bonds. The molecule has 0 atom stereocenters. The number of carboxylic acid groups (broad SMARTS) is 1. The number of benzene rings is 1. The molecule has 0 aromatic heterocycles. The molecule has 0 aliphatic rings. The molecule has 6 nitrogen and oxygen atoms in total. The zero-order chi connectivity index (χ0) is 16.9.